The van der Waals surface area contributed by atoms with E-state index in [4.69, 9.17) is 30.5 Å². The van der Waals surface area contributed by atoms with Gasteiger partial charge in [-0.1, -0.05) is 11.6 Å². The van der Waals surface area contributed by atoms with Gasteiger partial charge in [0.25, 0.3) is 5.56 Å². The zero-order chi connectivity index (χ0) is 28.3. The summed E-state index contributed by atoms with van der Waals surface area (Å²) in [6.07, 6.45) is -0.141. The summed E-state index contributed by atoms with van der Waals surface area (Å²) >= 11 is 6.11. The number of carbonyl (C=O) groups is 1. The molecule has 1 saturated carbocycles. The Morgan fingerprint density at radius 3 is 2.34 bits per heavy atom. The van der Waals surface area contributed by atoms with Crippen molar-refractivity contribution in [1.29, 1.82) is 0 Å². The number of carbonyl (C=O) groups excluding carboxylic acids is 1. The Balaban J connectivity index is 2.01. The molecule has 1 atom stereocenters. The van der Waals surface area contributed by atoms with Crippen molar-refractivity contribution in [2.24, 2.45) is 0 Å². The normalized spacial score (nSPS) is 15.9. The van der Waals surface area contributed by atoms with Crippen LogP contribution in [0.25, 0.3) is 11.1 Å². The number of pyridine rings is 1. The standard InChI is InChI=1S/C27H33ClF3NO6/c1-25(2,3)38-24(34)20(9-12-37-26(4)10-6-11-26)32-15-22(35-5)19(14-23(32)33)18-13-17(28)7-8-21(18)36-16-27(29,30)31/h7-8,13-15,20H,6,9-12,16H2,1-5H3. The Hall–Kier alpha value is -2.72. The van der Waals surface area contributed by atoms with Crippen molar-refractivity contribution in [1.82, 2.24) is 4.57 Å². The predicted octanol–water partition coefficient (Wildman–Crippen LogP) is 6.35. The number of esters is 1. The maximum atomic E-state index is 13.3. The largest absolute Gasteiger partial charge is 0.495 e. The highest BCUT2D eigenvalue weighted by Crippen LogP contribution is 2.39. The van der Waals surface area contributed by atoms with Crippen molar-refractivity contribution in [2.75, 3.05) is 20.3 Å². The number of hydrogen-bond donors (Lipinski definition) is 0. The van der Waals surface area contributed by atoms with E-state index in [1.807, 2.05) is 6.92 Å². The van der Waals surface area contributed by atoms with Crippen molar-refractivity contribution >= 4 is 17.6 Å². The second-order valence-electron chi connectivity index (χ2n) is 10.5. The van der Waals surface area contributed by atoms with E-state index < -0.39 is 36.0 Å². The lowest BCUT2D eigenvalue weighted by molar-refractivity contribution is -0.161. The lowest BCUT2D eigenvalue weighted by Crippen LogP contribution is -2.39. The SMILES string of the molecule is COc1cn(C(CCOC2(C)CCC2)C(=O)OC(C)(C)C)c(=O)cc1-c1cc(Cl)ccc1OCC(F)(F)F. The maximum Gasteiger partial charge on any atom is 0.422 e. The van der Waals surface area contributed by atoms with Gasteiger partial charge in [0, 0.05) is 35.2 Å². The highest BCUT2D eigenvalue weighted by Gasteiger charge is 2.34. The Morgan fingerprint density at radius 1 is 1.13 bits per heavy atom. The molecule has 0 radical (unpaired) electrons. The van der Waals surface area contributed by atoms with E-state index in [1.165, 1.54) is 42.1 Å². The number of halogens is 4. The Kier molecular flexibility index (Phi) is 9.08. The molecule has 2 aromatic rings. The number of aromatic nitrogens is 1. The van der Waals surface area contributed by atoms with Crippen molar-refractivity contribution in [3.8, 4) is 22.6 Å². The van der Waals surface area contributed by atoms with Gasteiger partial charge >= 0.3 is 12.1 Å². The van der Waals surface area contributed by atoms with Crippen LogP contribution < -0.4 is 15.0 Å². The van der Waals surface area contributed by atoms with Crippen LogP contribution in [-0.4, -0.2) is 48.2 Å². The number of alkyl halides is 3. The van der Waals surface area contributed by atoms with Gasteiger partial charge in [-0.15, -0.1) is 0 Å². The average Bonchev–Trinajstić information content (AvgIpc) is 2.78. The second-order valence-corrected chi connectivity index (χ2v) is 11.0. The molecule has 0 amide bonds. The molecule has 0 saturated heterocycles. The molecule has 1 fully saturated rings. The zero-order valence-corrected chi connectivity index (χ0v) is 22.9. The monoisotopic (exact) mass is 559 g/mol. The molecule has 3 rings (SSSR count). The van der Waals surface area contributed by atoms with Crippen molar-refractivity contribution < 1.29 is 36.9 Å². The maximum absolute atomic E-state index is 13.3. The summed E-state index contributed by atoms with van der Waals surface area (Å²) in [4.78, 5) is 26.5. The fraction of sp³-hybridized carbons (Fsp3) is 0.556. The summed E-state index contributed by atoms with van der Waals surface area (Å²) in [7, 11) is 1.34. The van der Waals surface area contributed by atoms with Gasteiger partial charge in [-0.25, -0.2) is 4.79 Å². The van der Waals surface area contributed by atoms with Crippen LogP contribution in [0.4, 0.5) is 13.2 Å². The molecule has 7 nitrogen and oxygen atoms in total. The molecule has 11 heteroatoms. The van der Waals surface area contributed by atoms with Gasteiger partial charge in [-0.3, -0.25) is 9.36 Å². The molecular weight excluding hydrogens is 527 g/mol. The smallest absolute Gasteiger partial charge is 0.422 e. The zero-order valence-electron chi connectivity index (χ0n) is 22.1. The molecular formula is C27H33ClF3NO6. The van der Waals surface area contributed by atoms with E-state index in [2.05, 4.69) is 0 Å². The van der Waals surface area contributed by atoms with E-state index >= 15 is 0 Å². The third-order valence-electron chi connectivity index (χ3n) is 6.15. The van der Waals surface area contributed by atoms with Gasteiger partial charge < -0.3 is 18.9 Å². The molecule has 1 heterocycles. The van der Waals surface area contributed by atoms with Gasteiger partial charge in [-0.05, 0) is 65.2 Å². The average molecular weight is 560 g/mol. The lowest BCUT2D eigenvalue weighted by Gasteiger charge is -2.38. The Labute approximate surface area is 224 Å². The van der Waals surface area contributed by atoms with E-state index in [0.29, 0.717) is 0 Å². The minimum atomic E-state index is -4.57. The Morgan fingerprint density at radius 2 is 1.79 bits per heavy atom. The molecule has 210 valence electrons. The minimum absolute atomic E-state index is 0.129. The molecule has 0 spiro atoms. The molecule has 1 aliphatic carbocycles. The quantitative estimate of drug-likeness (QED) is 0.316. The molecule has 1 aromatic carbocycles. The van der Waals surface area contributed by atoms with Crippen LogP contribution in [0.5, 0.6) is 11.5 Å². The number of methoxy groups -OCH3 is 1. The molecule has 0 aliphatic heterocycles. The molecule has 1 aliphatic rings. The topological polar surface area (TPSA) is 76.0 Å². The van der Waals surface area contributed by atoms with Gasteiger partial charge in [-0.2, -0.15) is 13.2 Å². The molecule has 38 heavy (non-hydrogen) atoms. The number of nitrogens with zero attached hydrogens (tertiary/aromatic N) is 1. The first kappa shape index (κ1) is 29.8. The van der Waals surface area contributed by atoms with Crippen LogP contribution in [0.3, 0.4) is 0 Å². The molecule has 0 bridgehead atoms. The fourth-order valence-corrected chi connectivity index (χ4v) is 4.29. The number of benzene rings is 1. The predicted molar refractivity (Wildman–Crippen MR) is 137 cm³/mol. The van der Waals surface area contributed by atoms with Gasteiger partial charge in [0.2, 0.25) is 0 Å². The van der Waals surface area contributed by atoms with E-state index in [1.54, 1.807) is 20.8 Å². The third-order valence-corrected chi connectivity index (χ3v) is 6.39. The molecule has 0 N–H and O–H groups in total. The van der Waals surface area contributed by atoms with Crippen molar-refractivity contribution in [3.05, 3.63) is 45.8 Å². The second kappa shape index (κ2) is 11.6. The molecule has 1 aromatic heterocycles. The van der Waals surface area contributed by atoms with Crippen molar-refractivity contribution in [3.63, 3.8) is 0 Å². The van der Waals surface area contributed by atoms with Crippen LogP contribution in [0.2, 0.25) is 5.02 Å². The summed E-state index contributed by atoms with van der Waals surface area (Å²) in [5, 5.41) is 0.221. The van der Waals surface area contributed by atoms with Crippen LogP contribution >= 0.6 is 11.6 Å². The number of ether oxygens (including phenoxy) is 4. The summed E-state index contributed by atoms with van der Waals surface area (Å²) in [5.74, 6) is -0.620. The third kappa shape index (κ3) is 7.89. The molecule has 1 unspecified atom stereocenters. The summed E-state index contributed by atoms with van der Waals surface area (Å²) in [6.45, 7) is 5.87. The minimum Gasteiger partial charge on any atom is -0.495 e. The fourth-order valence-electron chi connectivity index (χ4n) is 4.12. The first-order valence-corrected chi connectivity index (χ1v) is 12.7. The van der Waals surface area contributed by atoms with Crippen LogP contribution in [-0.2, 0) is 14.3 Å². The first-order chi connectivity index (χ1) is 17.6. The highest BCUT2D eigenvalue weighted by molar-refractivity contribution is 6.31. The van der Waals surface area contributed by atoms with Crippen LogP contribution in [0.15, 0.2) is 35.3 Å². The summed E-state index contributed by atoms with van der Waals surface area (Å²) < 4.78 is 61.7. The van der Waals surface area contributed by atoms with Gasteiger partial charge in [0.05, 0.1) is 18.9 Å². The van der Waals surface area contributed by atoms with Gasteiger partial charge in [0.1, 0.15) is 23.1 Å². The van der Waals surface area contributed by atoms with E-state index in [-0.39, 0.29) is 46.3 Å². The lowest BCUT2D eigenvalue weighted by atomic mass is 9.82. The van der Waals surface area contributed by atoms with Crippen LogP contribution in [0.1, 0.15) is 59.4 Å². The summed E-state index contributed by atoms with van der Waals surface area (Å²) in [5.41, 5.74) is -1.33. The van der Waals surface area contributed by atoms with Crippen LogP contribution in [0, 0.1) is 0 Å². The first-order valence-electron chi connectivity index (χ1n) is 12.3. The van der Waals surface area contributed by atoms with Crippen molar-refractivity contribution in [2.45, 2.75) is 76.8 Å². The van der Waals surface area contributed by atoms with Gasteiger partial charge in [0.15, 0.2) is 6.61 Å². The number of rotatable bonds is 10. The van der Waals surface area contributed by atoms with E-state index in [0.717, 1.165) is 19.3 Å². The highest BCUT2D eigenvalue weighted by atomic mass is 35.5. The number of hydrogen-bond acceptors (Lipinski definition) is 6. The Bertz CT molecular complexity index is 1200. The summed E-state index contributed by atoms with van der Waals surface area (Å²) in [6, 6.07) is 4.21. The van der Waals surface area contributed by atoms with E-state index in [9.17, 15) is 22.8 Å².